The van der Waals surface area contributed by atoms with Gasteiger partial charge in [-0.1, -0.05) is 12.1 Å². The van der Waals surface area contributed by atoms with Gasteiger partial charge in [-0.15, -0.1) is 0 Å². The lowest BCUT2D eigenvalue weighted by atomic mass is 10.1. The molecule has 1 rings (SSSR count). The lowest BCUT2D eigenvalue weighted by molar-refractivity contribution is 0.414. The van der Waals surface area contributed by atoms with E-state index in [1.54, 1.807) is 0 Å². The summed E-state index contributed by atoms with van der Waals surface area (Å²) in [6, 6.07) is 6.01. The van der Waals surface area contributed by atoms with E-state index < -0.39 is 0 Å². The van der Waals surface area contributed by atoms with Crippen LogP contribution in [0.5, 0.6) is 0 Å². The first-order chi connectivity index (χ1) is 6.63. The van der Waals surface area contributed by atoms with Crippen LogP contribution in [0.15, 0.2) is 18.2 Å². The van der Waals surface area contributed by atoms with Crippen molar-refractivity contribution in [2.75, 3.05) is 26.4 Å². The van der Waals surface area contributed by atoms with E-state index in [2.05, 4.69) is 25.1 Å². The molecule has 0 saturated heterocycles. The van der Waals surface area contributed by atoms with E-state index in [0.717, 1.165) is 24.2 Å². The second-order valence-electron chi connectivity index (χ2n) is 3.79. The third-order valence-electron chi connectivity index (χ3n) is 2.27. The van der Waals surface area contributed by atoms with E-state index in [1.807, 2.05) is 12.1 Å². The Bertz CT molecular complexity index is 295. The van der Waals surface area contributed by atoms with Crippen LogP contribution < -0.4 is 11.5 Å². The highest BCUT2D eigenvalue weighted by atomic mass is 15.0. The first-order valence-corrected chi connectivity index (χ1v) is 4.85. The van der Waals surface area contributed by atoms with Crippen LogP contribution in [-0.2, 0) is 13.0 Å². The number of nitrogen functional groups attached to an aromatic ring is 1. The first-order valence-electron chi connectivity index (χ1n) is 4.85. The molecule has 0 fully saturated rings. The van der Waals surface area contributed by atoms with Gasteiger partial charge in [0.1, 0.15) is 0 Å². The fourth-order valence-electron chi connectivity index (χ4n) is 1.35. The van der Waals surface area contributed by atoms with E-state index in [1.165, 1.54) is 5.56 Å². The third kappa shape index (κ3) is 3.01. The lowest BCUT2D eigenvalue weighted by Gasteiger charge is -2.11. The van der Waals surface area contributed by atoms with Gasteiger partial charge in [-0.05, 0) is 37.7 Å². The van der Waals surface area contributed by atoms with Crippen molar-refractivity contribution in [1.29, 1.82) is 0 Å². The zero-order valence-corrected chi connectivity index (χ0v) is 8.96. The predicted molar refractivity (Wildman–Crippen MR) is 61.0 cm³/mol. The fourth-order valence-corrected chi connectivity index (χ4v) is 1.35. The highest BCUT2D eigenvalue weighted by molar-refractivity contribution is 5.48. The third-order valence-corrected chi connectivity index (χ3v) is 2.27. The molecular weight excluding hydrogens is 174 g/mol. The summed E-state index contributed by atoms with van der Waals surface area (Å²) in [5, 5.41) is 0. The summed E-state index contributed by atoms with van der Waals surface area (Å²) >= 11 is 0. The summed E-state index contributed by atoms with van der Waals surface area (Å²) in [6.45, 7) is 1.59. The molecule has 0 aliphatic rings. The van der Waals surface area contributed by atoms with E-state index in [-0.39, 0.29) is 0 Å². The highest BCUT2D eigenvalue weighted by Gasteiger charge is 2.01. The summed E-state index contributed by atoms with van der Waals surface area (Å²) in [5.41, 5.74) is 14.7. The van der Waals surface area contributed by atoms with Gasteiger partial charge in [0.25, 0.3) is 0 Å². The highest BCUT2D eigenvalue weighted by Crippen LogP contribution is 2.14. The maximum atomic E-state index is 5.87. The maximum Gasteiger partial charge on any atom is 0.0347 e. The number of benzene rings is 1. The Morgan fingerprint density at radius 2 is 2.00 bits per heavy atom. The SMILES string of the molecule is CN(C)CCc1cc(CN)ccc1N. The molecule has 0 unspecified atom stereocenters. The van der Waals surface area contributed by atoms with Crippen molar-refractivity contribution in [1.82, 2.24) is 4.90 Å². The second-order valence-corrected chi connectivity index (χ2v) is 3.79. The minimum atomic E-state index is 0.579. The molecule has 0 spiro atoms. The van der Waals surface area contributed by atoms with Gasteiger partial charge in [-0.3, -0.25) is 0 Å². The molecule has 4 N–H and O–H groups in total. The van der Waals surface area contributed by atoms with Crippen LogP contribution in [0.25, 0.3) is 0 Å². The molecule has 1 aromatic carbocycles. The molecule has 14 heavy (non-hydrogen) atoms. The van der Waals surface area contributed by atoms with Gasteiger partial charge < -0.3 is 16.4 Å². The fraction of sp³-hybridized carbons (Fsp3) is 0.455. The van der Waals surface area contributed by atoms with Crippen molar-refractivity contribution in [2.24, 2.45) is 5.73 Å². The van der Waals surface area contributed by atoms with Gasteiger partial charge in [-0.25, -0.2) is 0 Å². The number of likely N-dealkylation sites (N-methyl/N-ethyl adjacent to an activating group) is 1. The van der Waals surface area contributed by atoms with Gasteiger partial charge in [-0.2, -0.15) is 0 Å². The molecule has 3 heteroatoms. The molecule has 1 aromatic rings. The van der Waals surface area contributed by atoms with Crippen molar-refractivity contribution in [3.05, 3.63) is 29.3 Å². The van der Waals surface area contributed by atoms with E-state index in [0.29, 0.717) is 6.54 Å². The second kappa shape index (κ2) is 4.98. The predicted octanol–water partition coefficient (Wildman–Crippen LogP) is 0.832. The van der Waals surface area contributed by atoms with Crippen molar-refractivity contribution in [3.63, 3.8) is 0 Å². The molecule has 0 atom stereocenters. The Balaban J connectivity index is 2.73. The lowest BCUT2D eigenvalue weighted by Crippen LogP contribution is -2.16. The Kier molecular flexibility index (Phi) is 3.92. The topological polar surface area (TPSA) is 55.3 Å². The molecule has 0 aliphatic carbocycles. The van der Waals surface area contributed by atoms with E-state index in [4.69, 9.17) is 11.5 Å². The molecule has 0 heterocycles. The van der Waals surface area contributed by atoms with Crippen LogP contribution in [0.3, 0.4) is 0 Å². The monoisotopic (exact) mass is 193 g/mol. The average molecular weight is 193 g/mol. The molecule has 0 aromatic heterocycles. The van der Waals surface area contributed by atoms with Crippen molar-refractivity contribution >= 4 is 5.69 Å². The van der Waals surface area contributed by atoms with Gasteiger partial charge >= 0.3 is 0 Å². The molecule has 78 valence electrons. The normalized spacial score (nSPS) is 10.9. The number of anilines is 1. The van der Waals surface area contributed by atoms with Crippen molar-refractivity contribution in [3.8, 4) is 0 Å². The van der Waals surface area contributed by atoms with Crippen LogP contribution in [0.4, 0.5) is 5.69 Å². The number of rotatable bonds is 4. The summed E-state index contributed by atoms with van der Waals surface area (Å²) < 4.78 is 0. The van der Waals surface area contributed by atoms with Gasteiger partial charge in [0.05, 0.1) is 0 Å². The number of hydrogen-bond donors (Lipinski definition) is 2. The summed E-state index contributed by atoms with van der Waals surface area (Å²) in [5.74, 6) is 0. The summed E-state index contributed by atoms with van der Waals surface area (Å²) in [4.78, 5) is 2.15. The summed E-state index contributed by atoms with van der Waals surface area (Å²) in [6.07, 6.45) is 0.979. The molecule has 0 amide bonds. The van der Waals surface area contributed by atoms with Gasteiger partial charge in [0, 0.05) is 18.8 Å². The van der Waals surface area contributed by atoms with Crippen LogP contribution in [0.1, 0.15) is 11.1 Å². The van der Waals surface area contributed by atoms with Gasteiger partial charge in [0.15, 0.2) is 0 Å². The van der Waals surface area contributed by atoms with Crippen LogP contribution in [0.2, 0.25) is 0 Å². The molecular formula is C11H19N3. The first kappa shape index (κ1) is 11.0. The zero-order valence-electron chi connectivity index (χ0n) is 8.96. The average Bonchev–Trinajstić information content (AvgIpc) is 2.16. The van der Waals surface area contributed by atoms with E-state index >= 15 is 0 Å². The molecule has 0 radical (unpaired) electrons. The molecule has 3 nitrogen and oxygen atoms in total. The Morgan fingerprint density at radius 1 is 1.29 bits per heavy atom. The number of nitrogens with zero attached hydrogens (tertiary/aromatic N) is 1. The standard InChI is InChI=1S/C11H19N3/c1-14(2)6-5-10-7-9(8-12)3-4-11(10)13/h3-4,7H,5-6,8,12-13H2,1-2H3. The number of nitrogens with two attached hydrogens (primary N) is 2. The minimum Gasteiger partial charge on any atom is -0.399 e. The number of hydrogen-bond acceptors (Lipinski definition) is 3. The van der Waals surface area contributed by atoms with E-state index in [9.17, 15) is 0 Å². The Labute approximate surface area is 85.7 Å². The molecule has 0 aliphatic heterocycles. The quantitative estimate of drug-likeness (QED) is 0.696. The van der Waals surface area contributed by atoms with Crippen molar-refractivity contribution in [2.45, 2.75) is 13.0 Å². The van der Waals surface area contributed by atoms with Crippen molar-refractivity contribution < 1.29 is 0 Å². The smallest absolute Gasteiger partial charge is 0.0347 e. The van der Waals surface area contributed by atoms with Crippen LogP contribution in [-0.4, -0.2) is 25.5 Å². The minimum absolute atomic E-state index is 0.579. The Hall–Kier alpha value is -1.06. The van der Waals surface area contributed by atoms with Gasteiger partial charge in [0.2, 0.25) is 0 Å². The zero-order chi connectivity index (χ0) is 10.6. The summed E-state index contributed by atoms with van der Waals surface area (Å²) in [7, 11) is 4.12. The molecule has 0 bridgehead atoms. The largest absolute Gasteiger partial charge is 0.399 e. The molecule has 0 saturated carbocycles. The maximum absolute atomic E-state index is 5.87. The van der Waals surface area contributed by atoms with Crippen LogP contribution in [0, 0.1) is 0 Å². The van der Waals surface area contributed by atoms with Crippen LogP contribution >= 0.6 is 0 Å². The Morgan fingerprint density at radius 3 is 2.57 bits per heavy atom.